The molecule has 3 aromatic rings. The van der Waals surface area contributed by atoms with Crippen molar-refractivity contribution in [3.8, 4) is 11.1 Å². The van der Waals surface area contributed by atoms with Crippen molar-refractivity contribution in [3.05, 3.63) is 70.8 Å². The molecular weight excluding hydrogens is 240 g/mol. The maximum atomic E-state index is 2.27. The smallest absolute Gasteiger partial charge is 0.00999 e. The van der Waals surface area contributed by atoms with Gasteiger partial charge in [-0.15, -0.1) is 0 Å². The highest BCUT2D eigenvalue weighted by Gasteiger charge is 2.10. The van der Waals surface area contributed by atoms with Crippen molar-refractivity contribution in [2.75, 3.05) is 0 Å². The van der Waals surface area contributed by atoms with E-state index >= 15 is 0 Å². The van der Waals surface area contributed by atoms with E-state index < -0.39 is 0 Å². The third-order valence-corrected chi connectivity index (χ3v) is 4.09. The molecule has 0 aliphatic carbocycles. The fourth-order valence-electron chi connectivity index (χ4n) is 3.27. The zero-order chi connectivity index (χ0) is 14.3. The van der Waals surface area contributed by atoms with Crippen molar-refractivity contribution in [2.24, 2.45) is 0 Å². The minimum Gasteiger partial charge on any atom is -0.0616 e. The highest BCUT2D eigenvalue weighted by molar-refractivity contribution is 5.99. The summed E-state index contributed by atoms with van der Waals surface area (Å²) in [7, 11) is 0. The predicted octanol–water partition coefficient (Wildman–Crippen LogP) is 5.74. The van der Waals surface area contributed by atoms with Crippen molar-refractivity contribution in [1.29, 1.82) is 0 Å². The van der Waals surface area contributed by atoms with E-state index in [1.807, 2.05) is 0 Å². The zero-order valence-corrected chi connectivity index (χ0v) is 12.6. The summed E-state index contributed by atoms with van der Waals surface area (Å²) in [4.78, 5) is 0. The molecule has 0 aromatic heterocycles. The van der Waals surface area contributed by atoms with Gasteiger partial charge in [0.2, 0.25) is 0 Å². The molecule has 0 spiro atoms. The van der Waals surface area contributed by atoms with Gasteiger partial charge in [0, 0.05) is 0 Å². The second kappa shape index (κ2) is 4.79. The van der Waals surface area contributed by atoms with Crippen LogP contribution >= 0.6 is 0 Å². The van der Waals surface area contributed by atoms with Crippen molar-refractivity contribution in [2.45, 2.75) is 27.7 Å². The van der Waals surface area contributed by atoms with E-state index in [-0.39, 0.29) is 0 Å². The molecule has 20 heavy (non-hydrogen) atoms. The lowest BCUT2D eigenvalue weighted by atomic mass is 9.89. The van der Waals surface area contributed by atoms with Crippen molar-refractivity contribution in [1.82, 2.24) is 0 Å². The topological polar surface area (TPSA) is 0 Å². The molecule has 0 heteroatoms. The standard InChI is InChI=1S/C20H20/c1-13-11-15(3)20(16(4)12-13)19-10-9-14(2)17-7-5-6-8-18(17)19/h5-12H,1-4H3. The molecule has 0 nitrogen and oxygen atoms in total. The lowest BCUT2D eigenvalue weighted by Crippen LogP contribution is -1.92. The van der Waals surface area contributed by atoms with Gasteiger partial charge >= 0.3 is 0 Å². The summed E-state index contributed by atoms with van der Waals surface area (Å²) in [6.07, 6.45) is 0. The van der Waals surface area contributed by atoms with E-state index in [1.54, 1.807) is 0 Å². The van der Waals surface area contributed by atoms with Crippen molar-refractivity contribution < 1.29 is 0 Å². The minimum atomic E-state index is 1.33. The largest absolute Gasteiger partial charge is 0.0616 e. The number of hydrogen-bond donors (Lipinski definition) is 0. The van der Waals surface area contributed by atoms with Crippen LogP contribution in [0.25, 0.3) is 21.9 Å². The van der Waals surface area contributed by atoms with E-state index in [2.05, 4.69) is 76.2 Å². The van der Waals surface area contributed by atoms with Gasteiger partial charge in [-0.3, -0.25) is 0 Å². The van der Waals surface area contributed by atoms with E-state index in [0.717, 1.165) is 0 Å². The van der Waals surface area contributed by atoms with Crippen LogP contribution in [-0.4, -0.2) is 0 Å². The van der Waals surface area contributed by atoms with E-state index in [1.165, 1.54) is 44.2 Å². The average molecular weight is 260 g/mol. The van der Waals surface area contributed by atoms with Crippen LogP contribution in [0.5, 0.6) is 0 Å². The molecule has 0 N–H and O–H groups in total. The Labute approximate surface area is 121 Å². The maximum absolute atomic E-state index is 2.27. The summed E-state index contributed by atoms with van der Waals surface area (Å²) in [6.45, 7) is 8.77. The summed E-state index contributed by atoms with van der Waals surface area (Å²) in [5.74, 6) is 0. The first kappa shape index (κ1) is 12.9. The van der Waals surface area contributed by atoms with Crippen LogP contribution in [0.4, 0.5) is 0 Å². The Balaban J connectivity index is 2.39. The number of aryl methyl sites for hydroxylation is 4. The van der Waals surface area contributed by atoms with Crippen LogP contribution in [0.2, 0.25) is 0 Å². The molecule has 0 saturated carbocycles. The van der Waals surface area contributed by atoms with Gasteiger partial charge in [-0.1, -0.05) is 54.1 Å². The number of fused-ring (bicyclic) bond motifs is 1. The van der Waals surface area contributed by atoms with Gasteiger partial charge in [-0.25, -0.2) is 0 Å². The van der Waals surface area contributed by atoms with Gasteiger partial charge in [0.25, 0.3) is 0 Å². The van der Waals surface area contributed by atoms with Crippen LogP contribution in [0.3, 0.4) is 0 Å². The second-order valence-corrected chi connectivity index (χ2v) is 5.75. The fourth-order valence-corrected chi connectivity index (χ4v) is 3.27. The zero-order valence-electron chi connectivity index (χ0n) is 12.6. The van der Waals surface area contributed by atoms with E-state index in [9.17, 15) is 0 Å². The number of rotatable bonds is 1. The van der Waals surface area contributed by atoms with Crippen molar-refractivity contribution >= 4 is 10.8 Å². The van der Waals surface area contributed by atoms with Gasteiger partial charge < -0.3 is 0 Å². The number of hydrogen-bond acceptors (Lipinski definition) is 0. The molecule has 0 fully saturated rings. The molecule has 0 saturated heterocycles. The lowest BCUT2D eigenvalue weighted by Gasteiger charge is -2.15. The molecular formula is C20H20. The molecule has 0 atom stereocenters. The SMILES string of the molecule is Cc1cc(C)c(-c2ccc(C)c3ccccc23)c(C)c1. The summed E-state index contributed by atoms with van der Waals surface area (Å²) < 4.78 is 0. The third kappa shape index (κ3) is 2.02. The average Bonchev–Trinajstić information content (AvgIpc) is 2.40. The first-order chi connectivity index (χ1) is 9.58. The summed E-state index contributed by atoms with van der Waals surface area (Å²) in [5, 5.41) is 2.70. The Morgan fingerprint density at radius 1 is 0.600 bits per heavy atom. The quantitative estimate of drug-likeness (QED) is 0.523. The molecule has 0 amide bonds. The maximum Gasteiger partial charge on any atom is -0.00999 e. The Morgan fingerprint density at radius 3 is 1.85 bits per heavy atom. The first-order valence-corrected chi connectivity index (χ1v) is 7.14. The van der Waals surface area contributed by atoms with Crippen LogP contribution in [-0.2, 0) is 0 Å². The van der Waals surface area contributed by atoms with Crippen molar-refractivity contribution in [3.63, 3.8) is 0 Å². The normalized spacial score (nSPS) is 11.0. The fraction of sp³-hybridized carbons (Fsp3) is 0.200. The molecule has 0 aliphatic heterocycles. The molecule has 0 aliphatic rings. The van der Waals surface area contributed by atoms with Gasteiger partial charge in [0.05, 0.1) is 0 Å². The van der Waals surface area contributed by atoms with Crippen LogP contribution in [0, 0.1) is 27.7 Å². The molecule has 0 radical (unpaired) electrons. The van der Waals surface area contributed by atoms with Crippen LogP contribution < -0.4 is 0 Å². The predicted molar refractivity (Wildman–Crippen MR) is 88.3 cm³/mol. The molecule has 100 valence electrons. The molecule has 0 unspecified atom stereocenters. The molecule has 3 aromatic carbocycles. The van der Waals surface area contributed by atoms with Crippen LogP contribution in [0.1, 0.15) is 22.3 Å². The Kier molecular flexibility index (Phi) is 3.10. The molecule has 0 bridgehead atoms. The Morgan fingerprint density at radius 2 is 1.20 bits per heavy atom. The highest BCUT2D eigenvalue weighted by atomic mass is 14.1. The number of benzene rings is 3. The summed E-state index contributed by atoms with van der Waals surface area (Å²) in [5.41, 5.74) is 8.12. The van der Waals surface area contributed by atoms with E-state index in [4.69, 9.17) is 0 Å². The monoisotopic (exact) mass is 260 g/mol. The Hall–Kier alpha value is -2.08. The summed E-state index contributed by atoms with van der Waals surface area (Å²) in [6, 6.07) is 17.7. The van der Waals surface area contributed by atoms with Gasteiger partial charge in [0.1, 0.15) is 0 Å². The van der Waals surface area contributed by atoms with Crippen LogP contribution in [0.15, 0.2) is 48.5 Å². The Bertz CT molecular complexity index is 771. The van der Waals surface area contributed by atoms with Gasteiger partial charge in [-0.2, -0.15) is 0 Å². The lowest BCUT2D eigenvalue weighted by molar-refractivity contribution is 1.32. The summed E-state index contributed by atoms with van der Waals surface area (Å²) >= 11 is 0. The first-order valence-electron chi connectivity index (χ1n) is 7.14. The van der Waals surface area contributed by atoms with Gasteiger partial charge in [0.15, 0.2) is 0 Å². The highest BCUT2D eigenvalue weighted by Crippen LogP contribution is 2.35. The minimum absolute atomic E-state index is 1.33. The molecule has 3 rings (SSSR count). The second-order valence-electron chi connectivity index (χ2n) is 5.75. The van der Waals surface area contributed by atoms with E-state index in [0.29, 0.717) is 0 Å². The molecule has 0 heterocycles. The van der Waals surface area contributed by atoms with Gasteiger partial charge in [-0.05, 0) is 66.3 Å². The third-order valence-electron chi connectivity index (χ3n) is 4.09.